The van der Waals surface area contributed by atoms with E-state index in [0.717, 1.165) is 25.1 Å². The van der Waals surface area contributed by atoms with E-state index in [-0.39, 0.29) is 18.0 Å². The zero-order valence-corrected chi connectivity index (χ0v) is 13.9. The molecule has 6 nitrogen and oxygen atoms in total. The van der Waals surface area contributed by atoms with Crippen LogP contribution in [0, 0.1) is 10.1 Å². The molecule has 1 heterocycles. The third kappa shape index (κ3) is 5.03. The number of likely N-dealkylation sites (tertiary alicyclic amines) is 1. The van der Waals surface area contributed by atoms with Gasteiger partial charge in [-0.1, -0.05) is 18.6 Å². The molecule has 0 aliphatic carbocycles. The maximum absolute atomic E-state index is 12.3. The molecule has 126 valence electrons. The van der Waals surface area contributed by atoms with E-state index in [4.69, 9.17) is 0 Å². The Balaban J connectivity index is 1.81. The summed E-state index contributed by atoms with van der Waals surface area (Å²) in [6.45, 7) is 1.89. The first kappa shape index (κ1) is 17.4. The Labute approximate surface area is 137 Å². The molecule has 0 saturated carbocycles. The molecule has 6 heteroatoms. The fourth-order valence-electron chi connectivity index (χ4n) is 3.02. The third-order valence-corrected chi connectivity index (χ3v) is 4.65. The summed E-state index contributed by atoms with van der Waals surface area (Å²) >= 11 is 0. The maximum Gasteiger partial charge on any atom is 0.269 e. The molecule has 1 aliphatic heterocycles. The van der Waals surface area contributed by atoms with Crippen LogP contribution in [0.15, 0.2) is 24.3 Å². The molecule has 0 N–H and O–H groups in total. The molecule has 23 heavy (non-hydrogen) atoms. The van der Waals surface area contributed by atoms with Gasteiger partial charge in [0, 0.05) is 31.8 Å². The fourth-order valence-corrected chi connectivity index (χ4v) is 3.02. The van der Waals surface area contributed by atoms with Crippen molar-refractivity contribution >= 4 is 11.6 Å². The molecule has 0 spiro atoms. The van der Waals surface area contributed by atoms with Crippen LogP contribution < -0.4 is 0 Å². The molecule has 1 atom stereocenters. The van der Waals surface area contributed by atoms with Crippen LogP contribution in [0.3, 0.4) is 0 Å². The van der Waals surface area contributed by atoms with E-state index in [0.29, 0.717) is 6.04 Å². The zero-order valence-electron chi connectivity index (χ0n) is 13.9. The lowest BCUT2D eigenvalue weighted by Gasteiger charge is -2.33. The number of likely N-dealkylation sites (N-methyl/N-ethyl adjacent to an activating group) is 1. The predicted molar refractivity (Wildman–Crippen MR) is 89.3 cm³/mol. The standard InChI is InChI=1S/C17H25N3O3/c1-18-11-4-3-5-15(18)10-12-19(2)17(21)13-14-6-8-16(9-7-14)20(22)23/h6-9,15H,3-5,10-13H2,1-2H3. The summed E-state index contributed by atoms with van der Waals surface area (Å²) in [4.78, 5) is 26.6. The highest BCUT2D eigenvalue weighted by Crippen LogP contribution is 2.18. The lowest BCUT2D eigenvalue weighted by molar-refractivity contribution is -0.384. The Hall–Kier alpha value is -1.95. The molecule has 1 aromatic rings. The summed E-state index contributed by atoms with van der Waals surface area (Å²) in [7, 11) is 3.99. The molecular weight excluding hydrogens is 294 g/mol. The number of benzene rings is 1. The number of rotatable bonds is 6. The quantitative estimate of drug-likeness (QED) is 0.597. The van der Waals surface area contributed by atoms with E-state index in [1.807, 2.05) is 7.05 Å². The number of nitrogens with zero attached hydrogens (tertiary/aromatic N) is 3. The van der Waals surface area contributed by atoms with E-state index in [2.05, 4.69) is 11.9 Å². The molecule has 1 unspecified atom stereocenters. The molecule has 0 aromatic heterocycles. The lowest BCUT2D eigenvalue weighted by atomic mass is 10.00. The Morgan fingerprint density at radius 3 is 2.65 bits per heavy atom. The highest BCUT2D eigenvalue weighted by molar-refractivity contribution is 5.78. The maximum atomic E-state index is 12.3. The number of nitro benzene ring substituents is 1. The number of amides is 1. The normalized spacial score (nSPS) is 18.6. The van der Waals surface area contributed by atoms with Gasteiger partial charge in [0.2, 0.25) is 5.91 Å². The van der Waals surface area contributed by atoms with Gasteiger partial charge >= 0.3 is 0 Å². The van der Waals surface area contributed by atoms with Crippen molar-refractivity contribution in [1.29, 1.82) is 0 Å². The average molecular weight is 319 g/mol. The van der Waals surface area contributed by atoms with Crippen LogP contribution in [-0.4, -0.2) is 53.9 Å². The second-order valence-electron chi connectivity index (χ2n) is 6.33. The summed E-state index contributed by atoms with van der Waals surface area (Å²) in [5, 5.41) is 10.6. The van der Waals surface area contributed by atoms with Crippen LogP contribution in [0.2, 0.25) is 0 Å². The number of carbonyl (C=O) groups is 1. The Morgan fingerprint density at radius 2 is 2.04 bits per heavy atom. The molecule has 1 amide bonds. The first-order valence-electron chi connectivity index (χ1n) is 8.15. The first-order valence-corrected chi connectivity index (χ1v) is 8.15. The fraction of sp³-hybridized carbons (Fsp3) is 0.588. The Morgan fingerprint density at radius 1 is 1.35 bits per heavy atom. The van der Waals surface area contributed by atoms with Gasteiger partial charge in [-0.15, -0.1) is 0 Å². The Kier molecular flexibility index (Phi) is 6.10. The smallest absolute Gasteiger partial charge is 0.269 e. The van der Waals surface area contributed by atoms with Gasteiger partial charge in [0.25, 0.3) is 5.69 Å². The van der Waals surface area contributed by atoms with Gasteiger partial charge in [0.1, 0.15) is 0 Å². The van der Waals surface area contributed by atoms with Crippen molar-refractivity contribution in [2.75, 3.05) is 27.2 Å². The molecule has 1 fully saturated rings. The van der Waals surface area contributed by atoms with Crippen molar-refractivity contribution in [1.82, 2.24) is 9.80 Å². The summed E-state index contributed by atoms with van der Waals surface area (Å²) < 4.78 is 0. The summed E-state index contributed by atoms with van der Waals surface area (Å²) in [6, 6.07) is 6.76. The number of nitro groups is 1. The van der Waals surface area contributed by atoms with Crippen molar-refractivity contribution in [3.05, 3.63) is 39.9 Å². The minimum atomic E-state index is -0.432. The first-order chi connectivity index (χ1) is 11.0. The predicted octanol–water partition coefficient (Wildman–Crippen LogP) is 2.47. The SMILES string of the molecule is CN(CCC1CCCCN1C)C(=O)Cc1ccc([N+](=O)[O-])cc1. The molecule has 2 rings (SSSR count). The lowest BCUT2D eigenvalue weighted by Crippen LogP contribution is -2.39. The van der Waals surface area contributed by atoms with Crippen molar-refractivity contribution < 1.29 is 9.72 Å². The highest BCUT2D eigenvalue weighted by atomic mass is 16.6. The molecular formula is C17H25N3O3. The monoisotopic (exact) mass is 319 g/mol. The molecule has 1 aliphatic rings. The third-order valence-electron chi connectivity index (χ3n) is 4.65. The molecule has 0 bridgehead atoms. The molecule has 1 saturated heterocycles. The topological polar surface area (TPSA) is 66.7 Å². The number of hydrogen-bond donors (Lipinski definition) is 0. The number of carbonyl (C=O) groups excluding carboxylic acids is 1. The van der Waals surface area contributed by atoms with Crippen LogP contribution in [0.25, 0.3) is 0 Å². The largest absolute Gasteiger partial charge is 0.345 e. The minimum Gasteiger partial charge on any atom is -0.345 e. The van der Waals surface area contributed by atoms with E-state index >= 15 is 0 Å². The van der Waals surface area contributed by atoms with Crippen molar-refractivity contribution in [3.8, 4) is 0 Å². The van der Waals surface area contributed by atoms with Gasteiger partial charge in [0.05, 0.1) is 11.3 Å². The van der Waals surface area contributed by atoms with Crippen molar-refractivity contribution in [2.45, 2.75) is 38.1 Å². The van der Waals surface area contributed by atoms with Gasteiger partial charge < -0.3 is 9.80 Å². The van der Waals surface area contributed by atoms with Crippen LogP contribution in [-0.2, 0) is 11.2 Å². The second-order valence-corrected chi connectivity index (χ2v) is 6.33. The van der Waals surface area contributed by atoms with Crippen LogP contribution >= 0.6 is 0 Å². The Bertz CT molecular complexity index is 545. The van der Waals surface area contributed by atoms with Crippen LogP contribution in [0.5, 0.6) is 0 Å². The summed E-state index contributed by atoms with van der Waals surface area (Å²) in [5.41, 5.74) is 0.858. The number of non-ortho nitro benzene ring substituents is 1. The summed E-state index contributed by atoms with van der Waals surface area (Å²) in [6.07, 6.45) is 5.03. The van der Waals surface area contributed by atoms with Gasteiger partial charge in [-0.2, -0.15) is 0 Å². The van der Waals surface area contributed by atoms with Gasteiger partial charge in [-0.3, -0.25) is 14.9 Å². The van der Waals surface area contributed by atoms with Gasteiger partial charge in [0.15, 0.2) is 0 Å². The highest BCUT2D eigenvalue weighted by Gasteiger charge is 2.20. The van der Waals surface area contributed by atoms with E-state index in [1.54, 1.807) is 17.0 Å². The van der Waals surface area contributed by atoms with Crippen molar-refractivity contribution in [2.24, 2.45) is 0 Å². The number of hydrogen-bond acceptors (Lipinski definition) is 4. The van der Waals surface area contributed by atoms with Crippen LogP contribution in [0.4, 0.5) is 5.69 Å². The van der Waals surface area contributed by atoms with Gasteiger partial charge in [-0.05, 0) is 38.4 Å². The average Bonchev–Trinajstić information content (AvgIpc) is 2.54. The minimum absolute atomic E-state index is 0.0508. The molecule has 0 radical (unpaired) electrons. The second kappa shape index (κ2) is 8.06. The van der Waals surface area contributed by atoms with Crippen LogP contribution in [0.1, 0.15) is 31.2 Å². The van der Waals surface area contributed by atoms with Crippen molar-refractivity contribution in [3.63, 3.8) is 0 Å². The summed E-state index contributed by atoms with van der Waals surface area (Å²) in [5.74, 6) is 0.0531. The zero-order chi connectivity index (χ0) is 16.8. The van der Waals surface area contributed by atoms with E-state index < -0.39 is 4.92 Å². The van der Waals surface area contributed by atoms with E-state index in [1.165, 1.54) is 31.4 Å². The van der Waals surface area contributed by atoms with Gasteiger partial charge in [-0.25, -0.2) is 0 Å². The van der Waals surface area contributed by atoms with E-state index in [9.17, 15) is 14.9 Å². The number of piperidine rings is 1. The molecule has 1 aromatic carbocycles.